The highest BCUT2D eigenvalue weighted by Gasteiger charge is 2.66. The molecule has 35 heavy (non-hydrogen) atoms. The number of benzene rings is 1. The second kappa shape index (κ2) is 8.44. The number of fused-ring (bicyclic) bond motifs is 4. The number of aromatic amines is 1. The standard InChI is InChI=1S/C25H31N7O3/c1-16-21(28-29-27-16)23(34)30-11-5-10-26-22(33)19-15-17-7-4-14-32(17)25(19)18-8-2-3-9-20(18)31(24(25)35)13-6-12-30/h2-3,8-9,17,19H,4-7,10-15H2,1H3,(H,26,33)(H,27,28,29)/t17-,19+,25+/m0/s1. The number of hydrogen-bond donors (Lipinski definition) is 2. The fourth-order valence-electron chi connectivity index (χ4n) is 6.76. The number of amides is 3. The third-order valence-electron chi connectivity index (χ3n) is 8.26. The smallest absolute Gasteiger partial charge is 0.276 e. The summed E-state index contributed by atoms with van der Waals surface area (Å²) in [6.45, 7) is 4.53. The van der Waals surface area contributed by atoms with Gasteiger partial charge in [-0.25, -0.2) is 0 Å². The van der Waals surface area contributed by atoms with Gasteiger partial charge in [-0.2, -0.15) is 15.4 Å². The van der Waals surface area contributed by atoms with Crippen LogP contribution in [0, 0.1) is 12.8 Å². The normalized spacial score (nSPS) is 29.1. The van der Waals surface area contributed by atoms with E-state index >= 15 is 0 Å². The van der Waals surface area contributed by atoms with E-state index in [0.29, 0.717) is 56.8 Å². The molecule has 184 valence electrons. The first kappa shape index (κ1) is 22.2. The number of anilines is 1. The summed E-state index contributed by atoms with van der Waals surface area (Å²) >= 11 is 0. The predicted molar refractivity (Wildman–Crippen MR) is 128 cm³/mol. The van der Waals surface area contributed by atoms with Crippen LogP contribution in [0.1, 0.15) is 53.8 Å². The molecule has 10 nitrogen and oxygen atoms in total. The minimum Gasteiger partial charge on any atom is -0.356 e. The molecule has 1 spiro atoms. The quantitative estimate of drug-likeness (QED) is 0.638. The van der Waals surface area contributed by atoms with Crippen molar-refractivity contribution in [1.29, 1.82) is 0 Å². The summed E-state index contributed by atoms with van der Waals surface area (Å²) in [6, 6.07) is 8.21. The summed E-state index contributed by atoms with van der Waals surface area (Å²) in [5, 5.41) is 13.6. The molecule has 5 heterocycles. The van der Waals surface area contributed by atoms with E-state index in [2.05, 4.69) is 25.6 Å². The van der Waals surface area contributed by atoms with Gasteiger partial charge in [0.2, 0.25) is 5.91 Å². The number of H-pyrrole nitrogens is 1. The van der Waals surface area contributed by atoms with Crippen LogP contribution >= 0.6 is 0 Å². The van der Waals surface area contributed by atoms with E-state index in [1.165, 1.54) is 0 Å². The molecule has 3 atom stereocenters. The van der Waals surface area contributed by atoms with Crippen molar-refractivity contribution >= 4 is 23.4 Å². The van der Waals surface area contributed by atoms with Crippen LogP contribution in [0.25, 0.3) is 0 Å². The van der Waals surface area contributed by atoms with Crippen molar-refractivity contribution in [3.8, 4) is 0 Å². The van der Waals surface area contributed by atoms with Gasteiger partial charge in [0, 0.05) is 43.5 Å². The number of nitrogens with one attached hydrogen (secondary N) is 2. The Morgan fingerprint density at radius 2 is 1.89 bits per heavy atom. The zero-order valence-corrected chi connectivity index (χ0v) is 20.0. The van der Waals surface area contributed by atoms with Gasteiger partial charge in [-0.15, -0.1) is 0 Å². The molecule has 4 aliphatic heterocycles. The van der Waals surface area contributed by atoms with E-state index in [9.17, 15) is 14.4 Å². The molecule has 0 radical (unpaired) electrons. The molecular formula is C25H31N7O3. The highest BCUT2D eigenvalue weighted by atomic mass is 16.2. The lowest BCUT2D eigenvalue weighted by Gasteiger charge is -2.37. The Labute approximate surface area is 204 Å². The maximum absolute atomic E-state index is 14.3. The molecule has 3 fully saturated rings. The van der Waals surface area contributed by atoms with E-state index in [1.54, 1.807) is 11.8 Å². The lowest BCUT2D eigenvalue weighted by Crippen LogP contribution is -2.56. The number of para-hydroxylation sites is 1. The first-order valence-corrected chi connectivity index (χ1v) is 12.7. The van der Waals surface area contributed by atoms with Gasteiger partial charge in [-0.1, -0.05) is 18.2 Å². The Morgan fingerprint density at radius 1 is 1.06 bits per heavy atom. The molecule has 10 heteroatoms. The second-order valence-electron chi connectivity index (χ2n) is 10.1. The van der Waals surface area contributed by atoms with Crippen LogP contribution < -0.4 is 10.2 Å². The molecule has 3 saturated heterocycles. The van der Waals surface area contributed by atoms with Gasteiger partial charge in [0.05, 0.1) is 11.6 Å². The van der Waals surface area contributed by atoms with Crippen LogP contribution in [-0.4, -0.2) is 81.7 Å². The highest BCUT2D eigenvalue weighted by molar-refractivity contribution is 6.11. The van der Waals surface area contributed by atoms with E-state index in [4.69, 9.17) is 0 Å². The maximum Gasteiger partial charge on any atom is 0.276 e. The fraction of sp³-hybridized carbons (Fsp3) is 0.560. The molecule has 2 bridgehead atoms. The Bertz CT molecular complexity index is 1180. The van der Waals surface area contributed by atoms with Crippen molar-refractivity contribution < 1.29 is 14.4 Å². The zero-order valence-electron chi connectivity index (χ0n) is 20.0. The molecule has 4 aliphatic rings. The summed E-state index contributed by atoms with van der Waals surface area (Å²) in [5.41, 5.74) is 1.80. The summed E-state index contributed by atoms with van der Waals surface area (Å²) < 4.78 is 0. The van der Waals surface area contributed by atoms with Gasteiger partial charge in [-0.3, -0.25) is 19.3 Å². The monoisotopic (exact) mass is 477 g/mol. The van der Waals surface area contributed by atoms with E-state index < -0.39 is 11.5 Å². The number of carbonyl (C=O) groups excluding carboxylic acids is 3. The van der Waals surface area contributed by atoms with Crippen molar-refractivity contribution in [2.45, 2.75) is 50.6 Å². The third kappa shape index (κ3) is 3.22. The topological polar surface area (TPSA) is 115 Å². The van der Waals surface area contributed by atoms with E-state index in [-0.39, 0.29) is 23.8 Å². The molecule has 2 aromatic rings. The number of aryl methyl sites for hydroxylation is 1. The largest absolute Gasteiger partial charge is 0.356 e. The number of hydrogen-bond acceptors (Lipinski definition) is 6. The molecule has 2 N–H and O–H groups in total. The molecule has 0 saturated carbocycles. The molecule has 1 aromatic carbocycles. The highest BCUT2D eigenvalue weighted by Crippen LogP contribution is 2.57. The lowest BCUT2D eigenvalue weighted by atomic mass is 9.78. The van der Waals surface area contributed by atoms with Gasteiger partial charge in [0.1, 0.15) is 5.54 Å². The number of carbonyl (C=O) groups is 3. The first-order chi connectivity index (χ1) is 17.0. The summed E-state index contributed by atoms with van der Waals surface area (Å²) in [6.07, 6.45) is 4.05. The van der Waals surface area contributed by atoms with Gasteiger partial charge < -0.3 is 15.1 Å². The third-order valence-corrected chi connectivity index (χ3v) is 8.26. The molecular weight excluding hydrogens is 446 g/mol. The van der Waals surface area contributed by atoms with Crippen molar-refractivity contribution in [1.82, 2.24) is 30.5 Å². The second-order valence-corrected chi connectivity index (χ2v) is 10.1. The summed E-state index contributed by atoms with van der Waals surface area (Å²) in [4.78, 5) is 47.0. The van der Waals surface area contributed by atoms with Crippen molar-refractivity contribution in [3.63, 3.8) is 0 Å². The minimum atomic E-state index is -0.927. The zero-order chi connectivity index (χ0) is 24.2. The molecule has 3 amide bonds. The van der Waals surface area contributed by atoms with Gasteiger partial charge in [-0.05, 0) is 51.6 Å². The summed E-state index contributed by atoms with van der Waals surface area (Å²) in [5.74, 6) is -0.650. The van der Waals surface area contributed by atoms with E-state index in [0.717, 1.165) is 30.6 Å². The Balaban J connectivity index is 1.36. The fourth-order valence-corrected chi connectivity index (χ4v) is 6.76. The number of rotatable bonds is 1. The van der Waals surface area contributed by atoms with Crippen LogP contribution in [-0.2, 0) is 15.1 Å². The number of aromatic nitrogens is 3. The molecule has 6 rings (SSSR count). The minimum absolute atomic E-state index is 0.00715. The van der Waals surface area contributed by atoms with Gasteiger partial charge in [0.25, 0.3) is 11.8 Å². The SMILES string of the molecule is Cc1n[nH]nc1C(=O)N1CCCNC(=O)[C@H]2C[C@@H]3CCCN3[C@@]23C(=O)N(CCC1)c1ccccc13. The van der Waals surface area contributed by atoms with Gasteiger partial charge in [0.15, 0.2) is 5.69 Å². The summed E-state index contributed by atoms with van der Waals surface area (Å²) in [7, 11) is 0. The molecule has 0 unspecified atom stereocenters. The molecule has 0 aliphatic carbocycles. The lowest BCUT2D eigenvalue weighted by molar-refractivity contribution is -0.138. The van der Waals surface area contributed by atoms with Crippen LogP contribution in [0.15, 0.2) is 24.3 Å². The predicted octanol–water partition coefficient (Wildman–Crippen LogP) is 1.19. The van der Waals surface area contributed by atoms with Crippen LogP contribution in [0.2, 0.25) is 0 Å². The van der Waals surface area contributed by atoms with Crippen molar-refractivity contribution in [2.75, 3.05) is 37.6 Å². The Morgan fingerprint density at radius 3 is 2.71 bits per heavy atom. The maximum atomic E-state index is 14.3. The average molecular weight is 478 g/mol. The van der Waals surface area contributed by atoms with Crippen LogP contribution in [0.5, 0.6) is 0 Å². The van der Waals surface area contributed by atoms with Gasteiger partial charge >= 0.3 is 0 Å². The average Bonchev–Trinajstić information content (AvgIpc) is 3.61. The first-order valence-electron chi connectivity index (χ1n) is 12.7. The Kier molecular flexibility index (Phi) is 5.36. The van der Waals surface area contributed by atoms with Crippen LogP contribution in [0.4, 0.5) is 5.69 Å². The number of nitrogens with zero attached hydrogens (tertiary/aromatic N) is 5. The van der Waals surface area contributed by atoms with E-state index in [1.807, 2.05) is 29.2 Å². The van der Waals surface area contributed by atoms with Crippen molar-refractivity contribution in [2.24, 2.45) is 5.92 Å². The Hall–Kier alpha value is -3.27. The molecule has 1 aromatic heterocycles. The van der Waals surface area contributed by atoms with Crippen molar-refractivity contribution in [3.05, 3.63) is 41.2 Å². The van der Waals surface area contributed by atoms with Crippen LogP contribution in [0.3, 0.4) is 0 Å².